The molecule has 0 bridgehead atoms. The van der Waals surface area contributed by atoms with E-state index in [4.69, 9.17) is 9.97 Å². The van der Waals surface area contributed by atoms with E-state index < -0.39 is 0 Å². The monoisotopic (exact) mass is 330 g/mol. The molecule has 2 heterocycles. The van der Waals surface area contributed by atoms with E-state index in [1.54, 1.807) is 0 Å². The lowest BCUT2D eigenvalue weighted by atomic mass is 10.1. The molecule has 2 aromatic heterocycles. The first-order valence-corrected chi connectivity index (χ1v) is 8.61. The Kier molecular flexibility index (Phi) is 3.98. The molecule has 4 rings (SSSR count). The number of benzene rings is 2. The Morgan fingerprint density at radius 3 is 2.36 bits per heavy atom. The van der Waals surface area contributed by atoms with Gasteiger partial charge in [-0.3, -0.25) is 4.98 Å². The van der Waals surface area contributed by atoms with Crippen LogP contribution >= 0.6 is 0 Å². The zero-order valence-electron chi connectivity index (χ0n) is 14.8. The van der Waals surface area contributed by atoms with Gasteiger partial charge in [-0.1, -0.05) is 48.5 Å². The van der Waals surface area contributed by atoms with E-state index in [2.05, 4.69) is 73.7 Å². The molecular formula is C21H22N4. The molecule has 1 unspecified atom stereocenters. The molecule has 0 aliphatic carbocycles. The summed E-state index contributed by atoms with van der Waals surface area (Å²) in [5.74, 6) is 0.926. The summed E-state index contributed by atoms with van der Waals surface area (Å²) >= 11 is 0. The largest absolute Gasteiger partial charge is 0.368 e. The maximum Gasteiger partial charge on any atom is 0.134 e. The summed E-state index contributed by atoms with van der Waals surface area (Å²) in [5, 5.41) is 8.05. The van der Waals surface area contributed by atoms with Crippen LogP contribution in [0.1, 0.15) is 6.92 Å². The smallest absolute Gasteiger partial charge is 0.134 e. The maximum atomic E-state index is 4.97. The minimum Gasteiger partial charge on any atom is -0.368 e. The Morgan fingerprint density at radius 1 is 0.920 bits per heavy atom. The van der Waals surface area contributed by atoms with Crippen molar-refractivity contribution in [3.8, 4) is 0 Å². The summed E-state index contributed by atoms with van der Waals surface area (Å²) in [6.07, 6.45) is 1.94. The number of aromatic nitrogens is 2. The third-order valence-corrected chi connectivity index (χ3v) is 4.88. The molecule has 1 N–H and O–H groups in total. The molecule has 0 saturated heterocycles. The van der Waals surface area contributed by atoms with E-state index in [0.717, 1.165) is 44.9 Å². The predicted octanol–water partition coefficient (Wildman–Crippen LogP) is 4.30. The van der Waals surface area contributed by atoms with Crippen LogP contribution in [0.15, 0.2) is 54.7 Å². The highest BCUT2D eigenvalue weighted by atomic mass is 15.1. The van der Waals surface area contributed by atoms with Gasteiger partial charge in [-0.05, 0) is 21.0 Å². The number of nitrogens with zero attached hydrogens (tertiary/aromatic N) is 3. The standard InChI is InChI=1S/C21H22N4/c1-14(25(2)3)12-23-21-18-11-7-6-10-17(18)19-20(24-21)16-9-5-4-8-15(16)13-22-19/h4-11,13-14H,12H2,1-3H3,(H,23,24). The Balaban J connectivity index is 1.95. The molecule has 0 aliphatic heterocycles. The minimum absolute atomic E-state index is 0.418. The van der Waals surface area contributed by atoms with E-state index in [1.165, 1.54) is 0 Å². The molecule has 4 heteroatoms. The summed E-state index contributed by atoms with van der Waals surface area (Å²) < 4.78 is 0. The second-order valence-electron chi connectivity index (χ2n) is 6.74. The lowest BCUT2D eigenvalue weighted by molar-refractivity contribution is 0.326. The van der Waals surface area contributed by atoms with Crippen molar-refractivity contribution in [2.45, 2.75) is 13.0 Å². The van der Waals surface area contributed by atoms with E-state index in [-0.39, 0.29) is 0 Å². The topological polar surface area (TPSA) is 41.1 Å². The highest BCUT2D eigenvalue weighted by Gasteiger charge is 2.12. The Hall–Kier alpha value is -2.72. The van der Waals surface area contributed by atoms with Gasteiger partial charge >= 0.3 is 0 Å². The number of anilines is 1. The van der Waals surface area contributed by atoms with Crippen molar-refractivity contribution in [1.29, 1.82) is 0 Å². The number of hydrogen-bond acceptors (Lipinski definition) is 4. The maximum absolute atomic E-state index is 4.97. The molecule has 0 saturated carbocycles. The summed E-state index contributed by atoms with van der Waals surface area (Å²) in [6, 6.07) is 17.1. The molecule has 4 nitrogen and oxygen atoms in total. The van der Waals surface area contributed by atoms with Crippen LogP contribution in [0.2, 0.25) is 0 Å². The lowest BCUT2D eigenvalue weighted by Crippen LogP contribution is -2.31. The van der Waals surface area contributed by atoms with Crippen LogP contribution in [0, 0.1) is 0 Å². The molecule has 0 spiro atoms. The molecule has 1 atom stereocenters. The third-order valence-electron chi connectivity index (χ3n) is 4.88. The molecular weight excluding hydrogens is 308 g/mol. The fourth-order valence-corrected chi connectivity index (χ4v) is 3.09. The van der Waals surface area contributed by atoms with Crippen molar-refractivity contribution >= 4 is 38.4 Å². The van der Waals surface area contributed by atoms with Gasteiger partial charge in [0, 0.05) is 40.3 Å². The van der Waals surface area contributed by atoms with Crippen molar-refractivity contribution in [3.63, 3.8) is 0 Å². The van der Waals surface area contributed by atoms with Gasteiger partial charge in [-0.15, -0.1) is 0 Å². The quantitative estimate of drug-likeness (QED) is 0.567. The number of likely N-dealkylation sites (N-methyl/N-ethyl adjacent to an activating group) is 1. The second-order valence-corrected chi connectivity index (χ2v) is 6.74. The normalized spacial score (nSPS) is 13.0. The number of nitrogens with one attached hydrogen (secondary N) is 1. The van der Waals surface area contributed by atoms with Crippen molar-refractivity contribution in [2.75, 3.05) is 26.0 Å². The number of rotatable bonds is 4. The van der Waals surface area contributed by atoms with Gasteiger partial charge in [0.15, 0.2) is 0 Å². The predicted molar refractivity (Wildman–Crippen MR) is 106 cm³/mol. The fraction of sp³-hybridized carbons (Fsp3) is 0.238. The van der Waals surface area contributed by atoms with Crippen LogP contribution in [-0.4, -0.2) is 41.5 Å². The number of fused-ring (bicyclic) bond motifs is 5. The van der Waals surface area contributed by atoms with Crippen LogP contribution in [0.4, 0.5) is 5.82 Å². The van der Waals surface area contributed by atoms with Gasteiger partial charge < -0.3 is 10.2 Å². The SMILES string of the molecule is CC(CNc1nc2c3ccccc3cnc2c2ccccc12)N(C)C. The van der Waals surface area contributed by atoms with E-state index in [9.17, 15) is 0 Å². The molecule has 0 amide bonds. The average Bonchev–Trinajstić information content (AvgIpc) is 2.65. The summed E-state index contributed by atoms with van der Waals surface area (Å²) in [4.78, 5) is 11.9. The van der Waals surface area contributed by atoms with Crippen molar-refractivity contribution < 1.29 is 0 Å². The van der Waals surface area contributed by atoms with Crippen molar-refractivity contribution in [1.82, 2.24) is 14.9 Å². The van der Waals surface area contributed by atoms with Gasteiger partial charge in [0.25, 0.3) is 0 Å². The summed E-state index contributed by atoms with van der Waals surface area (Å²) in [7, 11) is 4.19. The molecule has 0 radical (unpaired) electrons. The van der Waals surface area contributed by atoms with E-state index in [1.807, 2.05) is 12.3 Å². The van der Waals surface area contributed by atoms with Crippen LogP contribution in [-0.2, 0) is 0 Å². The third kappa shape index (κ3) is 2.79. The lowest BCUT2D eigenvalue weighted by Gasteiger charge is -2.21. The number of hydrogen-bond donors (Lipinski definition) is 1. The van der Waals surface area contributed by atoms with Gasteiger partial charge in [0.1, 0.15) is 5.82 Å². The van der Waals surface area contributed by atoms with Gasteiger partial charge in [0.05, 0.1) is 11.0 Å². The molecule has 25 heavy (non-hydrogen) atoms. The first kappa shape index (κ1) is 15.8. The van der Waals surface area contributed by atoms with Crippen LogP contribution in [0.3, 0.4) is 0 Å². The first-order chi connectivity index (χ1) is 12.1. The van der Waals surface area contributed by atoms with E-state index in [0.29, 0.717) is 6.04 Å². The zero-order valence-corrected chi connectivity index (χ0v) is 14.8. The first-order valence-electron chi connectivity index (χ1n) is 8.61. The van der Waals surface area contributed by atoms with Crippen molar-refractivity contribution in [3.05, 3.63) is 54.7 Å². The van der Waals surface area contributed by atoms with Crippen LogP contribution < -0.4 is 5.32 Å². The Morgan fingerprint density at radius 2 is 1.60 bits per heavy atom. The fourth-order valence-electron chi connectivity index (χ4n) is 3.09. The molecule has 0 aliphatic rings. The minimum atomic E-state index is 0.418. The molecule has 0 fully saturated rings. The van der Waals surface area contributed by atoms with Crippen molar-refractivity contribution in [2.24, 2.45) is 0 Å². The van der Waals surface area contributed by atoms with E-state index >= 15 is 0 Å². The second kappa shape index (κ2) is 6.30. The van der Waals surface area contributed by atoms with Gasteiger partial charge in [-0.2, -0.15) is 0 Å². The highest BCUT2D eigenvalue weighted by Crippen LogP contribution is 2.31. The molecule has 2 aromatic carbocycles. The number of pyridine rings is 2. The average molecular weight is 330 g/mol. The Bertz CT molecular complexity index is 1060. The zero-order chi connectivity index (χ0) is 17.4. The molecule has 4 aromatic rings. The van der Waals surface area contributed by atoms with Gasteiger partial charge in [0.2, 0.25) is 0 Å². The highest BCUT2D eigenvalue weighted by molar-refractivity contribution is 6.15. The van der Waals surface area contributed by atoms with Gasteiger partial charge in [-0.25, -0.2) is 4.98 Å². The van der Waals surface area contributed by atoms with Crippen LogP contribution in [0.25, 0.3) is 32.6 Å². The summed E-state index contributed by atoms with van der Waals surface area (Å²) in [6.45, 7) is 3.04. The Labute approximate surface area is 147 Å². The summed E-state index contributed by atoms with van der Waals surface area (Å²) in [5.41, 5.74) is 1.91. The molecule has 126 valence electrons. The van der Waals surface area contributed by atoms with Crippen LogP contribution in [0.5, 0.6) is 0 Å².